The summed E-state index contributed by atoms with van der Waals surface area (Å²) in [6.07, 6.45) is 0. The number of ether oxygens (including phenoxy) is 1. The van der Waals surface area contributed by atoms with Crippen molar-refractivity contribution in [3.8, 4) is 17.0 Å². The molecular formula is C26H25N3O2. The summed E-state index contributed by atoms with van der Waals surface area (Å²) in [6.45, 7) is 2.57. The first-order valence-corrected chi connectivity index (χ1v) is 10.3. The molecule has 5 nitrogen and oxygen atoms in total. The highest BCUT2D eigenvalue weighted by atomic mass is 16.5. The van der Waals surface area contributed by atoms with E-state index < -0.39 is 0 Å². The number of para-hydroxylation sites is 1. The molecule has 156 valence electrons. The van der Waals surface area contributed by atoms with E-state index in [9.17, 15) is 4.79 Å². The van der Waals surface area contributed by atoms with Crippen molar-refractivity contribution in [2.45, 2.75) is 6.92 Å². The topological polar surface area (TPSA) is 54.5 Å². The average Bonchev–Trinajstić information content (AvgIpc) is 2.79. The number of rotatable bonds is 6. The largest absolute Gasteiger partial charge is 0.494 e. The van der Waals surface area contributed by atoms with Gasteiger partial charge in [-0.15, -0.1) is 0 Å². The van der Waals surface area contributed by atoms with Gasteiger partial charge in [-0.1, -0.05) is 18.2 Å². The van der Waals surface area contributed by atoms with E-state index >= 15 is 0 Å². The predicted octanol–water partition coefficient (Wildman–Crippen LogP) is 5.62. The molecule has 0 atom stereocenters. The minimum Gasteiger partial charge on any atom is -0.494 e. The molecule has 0 saturated carbocycles. The van der Waals surface area contributed by atoms with Crippen molar-refractivity contribution in [1.82, 2.24) is 4.98 Å². The van der Waals surface area contributed by atoms with Gasteiger partial charge < -0.3 is 15.0 Å². The standard InChI is InChI=1S/C26H25N3O2/c1-4-31-21-15-9-18(10-16-21)25-17-23(22-7-5-6-8-24(22)28-25)26(30)27-19-11-13-20(14-12-19)29(2)3/h5-17H,4H2,1-3H3,(H,27,30). The van der Waals surface area contributed by atoms with Gasteiger partial charge in [0.25, 0.3) is 5.91 Å². The van der Waals surface area contributed by atoms with E-state index in [-0.39, 0.29) is 5.91 Å². The van der Waals surface area contributed by atoms with Crippen molar-refractivity contribution < 1.29 is 9.53 Å². The number of nitrogens with one attached hydrogen (secondary N) is 1. The van der Waals surface area contributed by atoms with Crippen molar-refractivity contribution in [3.63, 3.8) is 0 Å². The van der Waals surface area contributed by atoms with Crippen LogP contribution in [0.15, 0.2) is 78.9 Å². The van der Waals surface area contributed by atoms with Crippen LogP contribution in [-0.2, 0) is 0 Å². The monoisotopic (exact) mass is 411 g/mol. The third-order valence-electron chi connectivity index (χ3n) is 5.06. The SMILES string of the molecule is CCOc1ccc(-c2cc(C(=O)Nc3ccc(N(C)C)cc3)c3ccccc3n2)cc1. The third-order valence-corrected chi connectivity index (χ3v) is 5.06. The summed E-state index contributed by atoms with van der Waals surface area (Å²) < 4.78 is 5.53. The summed E-state index contributed by atoms with van der Waals surface area (Å²) in [7, 11) is 3.97. The van der Waals surface area contributed by atoms with Gasteiger partial charge in [0.15, 0.2) is 0 Å². The lowest BCUT2D eigenvalue weighted by atomic mass is 10.0. The van der Waals surface area contributed by atoms with Crippen LogP contribution in [-0.4, -0.2) is 31.6 Å². The number of benzene rings is 3. The first kappa shape index (κ1) is 20.4. The summed E-state index contributed by atoms with van der Waals surface area (Å²) in [4.78, 5) is 20.0. The van der Waals surface area contributed by atoms with Crippen LogP contribution in [0, 0.1) is 0 Å². The van der Waals surface area contributed by atoms with Gasteiger partial charge in [-0.25, -0.2) is 4.98 Å². The fourth-order valence-electron chi connectivity index (χ4n) is 3.44. The zero-order chi connectivity index (χ0) is 21.8. The predicted molar refractivity (Wildman–Crippen MR) is 127 cm³/mol. The zero-order valence-corrected chi connectivity index (χ0v) is 17.9. The van der Waals surface area contributed by atoms with Crippen LogP contribution in [0.4, 0.5) is 11.4 Å². The second-order valence-corrected chi connectivity index (χ2v) is 7.43. The fourth-order valence-corrected chi connectivity index (χ4v) is 3.44. The van der Waals surface area contributed by atoms with Gasteiger partial charge in [0, 0.05) is 36.4 Å². The van der Waals surface area contributed by atoms with Gasteiger partial charge >= 0.3 is 0 Å². The number of carbonyl (C=O) groups excluding carboxylic acids is 1. The number of pyridine rings is 1. The Kier molecular flexibility index (Phi) is 5.85. The Morgan fingerprint density at radius 1 is 0.968 bits per heavy atom. The van der Waals surface area contributed by atoms with E-state index in [1.54, 1.807) is 0 Å². The van der Waals surface area contributed by atoms with Crippen LogP contribution in [0.25, 0.3) is 22.2 Å². The third kappa shape index (κ3) is 4.51. The van der Waals surface area contributed by atoms with E-state index in [1.807, 2.05) is 105 Å². The molecule has 1 aromatic heterocycles. The van der Waals surface area contributed by atoms with E-state index in [0.717, 1.165) is 39.3 Å². The maximum absolute atomic E-state index is 13.2. The molecule has 5 heteroatoms. The molecule has 4 aromatic rings. The van der Waals surface area contributed by atoms with Gasteiger partial charge in [-0.2, -0.15) is 0 Å². The number of fused-ring (bicyclic) bond motifs is 1. The molecule has 0 saturated heterocycles. The van der Waals surface area contributed by atoms with Crippen molar-refractivity contribution in [2.24, 2.45) is 0 Å². The highest BCUT2D eigenvalue weighted by Crippen LogP contribution is 2.27. The second-order valence-electron chi connectivity index (χ2n) is 7.43. The molecule has 0 aliphatic carbocycles. The molecule has 1 heterocycles. The van der Waals surface area contributed by atoms with Crippen LogP contribution in [0.1, 0.15) is 17.3 Å². The number of aromatic nitrogens is 1. The number of amides is 1. The Hall–Kier alpha value is -3.86. The van der Waals surface area contributed by atoms with E-state index in [4.69, 9.17) is 9.72 Å². The van der Waals surface area contributed by atoms with Crippen molar-refractivity contribution in [1.29, 1.82) is 0 Å². The minimum absolute atomic E-state index is 0.164. The normalized spacial score (nSPS) is 10.7. The molecule has 0 spiro atoms. The smallest absolute Gasteiger partial charge is 0.256 e. The van der Waals surface area contributed by atoms with E-state index in [1.165, 1.54) is 0 Å². The van der Waals surface area contributed by atoms with Gasteiger partial charge in [0.05, 0.1) is 23.4 Å². The Labute approximate surface area is 182 Å². The molecule has 1 amide bonds. The molecule has 0 bridgehead atoms. The summed E-state index contributed by atoms with van der Waals surface area (Å²) in [5.74, 6) is 0.648. The van der Waals surface area contributed by atoms with E-state index in [2.05, 4.69) is 5.32 Å². The highest BCUT2D eigenvalue weighted by Gasteiger charge is 2.14. The summed E-state index contributed by atoms with van der Waals surface area (Å²) in [6, 6.07) is 25.1. The second kappa shape index (κ2) is 8.88. The molecule has 0 aliphatic heterocycles. The van der Waals surface area contributed by atoms with Crippen molar-refractivity contribution >= 4 is 28.2 Å². The van der Waals surface area contributed by atoms with Gasteiger partial charge in [-0.05, 0) is 67.6 Å². The minimum atomic E-state index is -0.164. The molecule has 1 N–H and O–H groups in total. The van der Waals surface area contributed by atoms with Crippen LogP contribution < -0.4 is 15.0 Å². The summed E-state index contributed by atoms with van der Waals surface area (Å²) in [5, 5.41) is 3.83. The molecule has 0 fully saturated rings. The summed E-state index contributed by atoms with van der Waals surface area (Å²) >= 11 is 0. The Morgan fingerprint density at radius 2 is 1.68 bits per heavy atom. The lowest BCUT2D eigenvalue weighted by Gasteiger charge is -2.14. The van der Waals surface area contributed by atoms with Crippen LogP contribution in [0.5, 0.6) is 5.75 Å². The highest BCUT2D eigenvalue weighted by molar-refractivity contribution is 6.13. The Morgan fingerprint density at radius 3 is 2.35 bits per heavy atom. The lowest BCUT2D eigenvalue weighted by Crippen LogP contribution is -2.13. The first-order valence-electron chi connectivity index (χ1n) is 10.3. The number of hydrogen-bond acceptors (Lipinski definition) is 4. The molecule has 0 radical (unpaired) electrons. The maximum atomic E-state index is 13.2. The van der Waals surface area contributed by atoms with Gasteiger partial charge in [0.1, 0.15) is 5.75 Å². The fraction of sp³-hybridized carbons (Fsp3) is 0.154. The quantitative estimate of drug-likeness (QED) is 0.447. The number of anilines is 2. The first-order chi connectivity index (χ1) is 15.0. The Bertz CT molecular complexity index is 1200. The maximum Gasteiger partial charge on any atom is 0.256 e. The molecule has 4 rings (SSSR count). The zero-order valence-electron chi connectivity index (χ0n) is 17.9. The number of nitrogens with zero attached hydrogens (tertiary/aromatic N) is 2. The van der Waals surface area contributed by atoms with Crippen LogP contribution >= 0.6 is 0 Å². The number of carbonyl (C=O) groups is 1. The molecule has 31 heavy (non-hydrogen) atoms. The lowest BCUT2D eigenvalue weighted by molar-refractivity contribution is 0.102. The molecule has 0 aliphatic rings. The average molecular weight is 412 g/mol. The van der Waals surface area contributed by atoms with E-state index in [0.29, 0.717) is 12.2 Å². The van der Waals surface area contributed by atoms with Crippen LogP contribution in [0.2, 0.25) is 0 Å². The van der Waals surface area contributed by atoms with Crippen molar-refractivity contribution in [2.75, 3.05) is 30.9 Å². The van der Waals surface area contributed by atoms with Gasteiger partial charge in [-0.3, -0.25) is 4.79 Å². The van der Waals surface area contributed by atoms with Crippen molar-refractivity contribution in [3.05, 3.63) is 84.4 Å². The molecular weight excluding hydrogens is 386 g/mol. The Balaban J connectivity index is 1.69. The van der Waals surface area contributed by atoms with Crippen LogP contribution in [0.3, 0.4) is 0 Å². The molecule has 0 unspecified atom stereocenters. The number of hydrogen-bond donors (Lipinski definition) is 1. The summed E-state index contributed by atoms with van der Waals surface area (Å²) in [5.41, 5.74) is 4.87. The molecule has 3 aromatic carbocycles. The van der Waals surface area contributed by atoms with Gasteiger partial charge in [0.2, 0.25) is 0 Å².